The van der Waals surface area contributed by atoms with Gasteiger partial charge in [-0.25, -0.2) is 0 Å². The monoisotopic (exact) mass is 398 g/mol. The van der Waals surface area contributed by atoms with Gasteiger partial charge in [-0.1, -0.05) is 103 Å². The highest BCUT2D eigenvalue weighted by Crippen LogP contribution is 2.43. The average molecular weight is 399 g/mol. The molecule has 0 saturated heterocycles. The molecule has 0 aliphatic rings. The van der Waals surface area contributed by atoms with Crippen molar-refractivity contribution in [1.82, 2.24) is 0 Å². The molecule has 1 nitrogen and oxygen atoms in total. The molecule has 31 heavy (non-hydrogen) atoms. The van der Waals surface area contributed by atoms with Crippen molar-refractivity contribution in [3.63, 3.8) is 0 Å². The number of rotatable bonds is 4. The summed E-state index contributed by atoms with van der Waals surface area (Å²) in [6.07, 6.45) is 0. The SMILES string of the molecule is COc1ccccc1C(c1ccccc1)c1ccc2ccc3cccc4ccc1c2c34. The van der Waals surface area contributed by atoms with Crippen LogP contribution in [0, 0.1) is 0 Å². The lowest BCUT2D eigenvalue weighted by Crippen LogP contribution is -2.06. The highest BCUT2D eigenvalue weighted by atomic mass is 16.5. The second-order valence-electron chi connectivity index (χ2n) is 8.10. The van der Waals surface area contributed by atoms with Crippen LogP contribution in [0.25, 0.3) is 32.3 Å². The zero-order chi connectivity index (χ0) is 20.8. The predicted octanol–water partition coefficient (Wildman–Crippen LogP) is 7.77. The van der Waals surface area contributed by atoms with Gasteiger partial charge in [0.2, 0.25) is 0 Å². The maximum absolute atomic E-state index is 5.79. The maximum Gasteiger partial charge on any atom is 0.123 e. The smallest absolute Gasteiger partial charge is 0.123 e. The molecule has 0 fully saturated rings. The minimum atomic E-state index is 0.0851. The first-order chi connectivity index (χ1) is 15.3. The molecule has 0 heterocycles. The van der Waals surface area contributed by atoms with E-state index in [4.69, 9.17) is 4.74 Å². The van der Waals surface area contributed by atoms with Crippen molar-refractivity contribution in [2.24, 2.45) is 0 Å². The number of methoxy groups -OCH3 is 1. The molecule has 1 atom stereocenters. The lowest BCUT2D eigenvalue weighted by molar-refractivity contribution is 0.409. The Kier molecular flexibility index (Phi) is 4.14. The summed E-state index contributed by atoms with van der Waals surface area (Å²) in [5.41, 5.74) is 3.76. The van der Waals surface area contributed by atoms with Gasteiger partial charge in [0.15, 0.2) is 0 Å². The Morgan fingerprint density at radius 3 is 1.94 bits per heavy atom. The van der Waals surface area contributed by atoms with Crippen molar-refractivity contribution in [2.75, 3.05) is 7.11 Å². The second kappa shape index (κ2) is 7.14. The third-order valence-electron chi connectivity index (χ3n) is 6.46. The summed E-state index contributed by atoms with van der Waals surface area (Å²) < 4.78 is 5.79. The Hall–Kier alpha value is -3.84. The highest BCUT2D eigenvalue weighted by Gasteiger charge is 2.23. The quantitative estimate of drug-likeness (QED) is 0.218. The van der Waals surface area contributed by atoms with Crippen LogP contribution in [0.15, 0.2) is 109 Å². The van der Waals surface area contributed by atoms with Gasteiger partial charge in [-0.2, -0.15) is 0 Å². The van der Waals surface area contributed by atoms with E-state index in [1.165, 1.54) is 49.0 Å². The van der Waals surface area contributed by atoms with Crippen LogP contribution in [-0.2, 0) is 0 Å². The fraction of sp³-hybridized carbons (Fsp3) is 0.0667. The van der Waals surface area contributed by atoms with Crippen LogP contribution in [0.4, 0.5) is 0 Å². The highest BCUT2D eigenvalue weighted by molar-refractivity contribution is 6.23. The van der Waals surface area contributed by atoms with E-state index in [2.05, 4.69) is 103 Å². The first kappa shape index (κ1) is 18.0. The zero-order valence-corrected chi connectivity index (χ0v) is 17.4. The van der Waals surface area contributed by atoms with Crippen LogP contribution < -0.4 is 4.74 Å². The molecule has 1 heteroatoms. The molecule has 0 radical (unpaired) electrons. The largest absolute Gasteiger partial charge is 0.496 e. The van der Waals surface area contributed by atoms with Crippen LogP contribution in [0.2, 0.25) is 0 Å². The van der Waals surface area contributed by atoms with Crippen molar-refractivity contribution >= 4 is 32.3 Å². The van der Waals surface area contributed by atoms with Gasteiger partial charge < -0.3 is 4.74 Å². The Labute approximate surface area is 181 Å². The molecule has 0 spiro atoms. The molecule has 0 saturated carbocycles. The van der Waals surface area contributed by atoms with E-state index in [1.54, 1.807) is 7.11 Å². The van der Waals surface area contributed by atoms with E-state index in [1.807, 2.05) is 6.07 Å². The number of hydrogen-bond donors (Lipinski definition) is 0. The summed E-state index contributed by atoms with van der Waals surface area (Å²) in [4.78, 5) is 0. The average Bonchev–Trinajstić information content (AvgIpc) is 2.84. The van der Waals surface area contributed by atoms with Crippen molar-refractivity contribution in [3.8, 4) is 5.75 Å². The standard InChI is InChI=1S/C30H22O/c1-31-27-13-6-5-12-26(27)29(20-8-3-2-4-9-20)24-18-17-23-15-14-21-10-7-11-22-16-19-25(24)30(23)28(21)22/h2-19,29H,1H3. The molecule has 6 aromatic carbocycles. The Morgan fingerprint density at radius 1 is 0.516 bits per heavy atom. The number of benzene rings is 6. The van der Waals surface area contributed by atoms with Gasteiger partial charge in [0.1, 0.15) is 5.75 Å². The normalized spacial score (nSPS) is 12.5. The molecule has 0 aromatic heterocycles. The Bertz CT molecular complexity index is 1500. The molecule has 0 N–H and O–H groups in total. The van der Waals surface area contributed by atoms with Crippen LogP contribution in [0.1, 0.15) is 22.6 Å². The molecule has 0 aliphatic heterocycles. The second-order valence-corrected chi connectivity index (χ2v) is 8.10. The van der Waals surface area contributed by atoms with Gasteiger partial charge in [0, 0.05) is 11.5 Å². The summed E-state index contributed by atoms with van der Waals surface area (Å²) in [5.74, 6) is 1.00. The van der Waals surface area contributed by atoms with E-state index in [0.717, 1.165) is 5.75 Å². The minimum absolute atomic E-state index is 0.0851. The molecular weight excluding hydrogens is 376 g/mol. The van der Waals surface area contributed by atoms with E-state index in [9.17, 15) is 0 Å². The molecule has 0 amide bonds. The fourth-order valence-electron chi connectivity index (χ4n) is 5.09. The van der Waals surface area contributed by atoms with Crippen LogP contribution >= 0.6 is 0 Å². The van der Waals surface area contributed by atoms with Crippen LogP contribution in [-0.4, -0.2) is 7.11 Å². The minimum Gasteiger partial charge on any atom is -0.496 e. The van der Waals surface area contributed by atoms with E-state index in [0.29, 0.717) is 0 Å². The van der Waals surface area contributed by atoms with E-state index in [-0.39, 0.29) is 5.92 Å². The first-order valence-electron chi connectivity index (χ1n) is 10.7. The van der Waals surface area contributed by atoms with Gasteiger partial charge in [0.05, 0.1) is 7.11 Å². The van der Waals surface area contributed by atoms with Gasteiger partial charge in [0.25, 0.3) is 0 Å². The fourth-order valence-corrected chi connectivity index (χ4v) is 5.09. The van der Waals surface area contributed by atoms with Crippen molar-refractivity contribution < 1.29 is 4.74 Å². The maximum atomic E-state index is 5.79. The van der Waals surface area contributed by atoms with Gasteiger partial charge in [-0.05, 0) is 49.5 Å². The lowest BCUT2D eigenvalue weighted by atomic mass is 9.80. The Balaban J connectivity index is 1.73. The summed E-state index contributed by atoms with van der Waals surface area (Å²) >= 11 is 0. The number of hydrogen-bond acceptors (Lipinski definition) is 1. The molecule has 6 aromatic rings. The lowest BCUT2D eigenvalue weighted by Gasteiger charge is -2.24. The Morgan fingerprint density at radius 2 is 1.16 bits per heavy atom. The third kappa shape index (κ3) is 2.78. The summed E-state index contributed by atoms with van der Waals surface area (Å²) in [7, 11) is 1.75. The van der Waals surface area contributed by atoms with Crippen LogP contribution in [0.3, 0.4) is 0 Å². The zero-order valence-electron chi connectivity index (χ0n) is 17.4. The first-order valence-corrected chi connectivity index (χ1v) is 10.7. The third-order valence-corrected chi connectivity index (χ3v) is 6.46. The van der Waals surface area contributed by atoms with Crippen molar-refractivity contribution in [1.29, 1.82) is 0 Å². The summed E-state index contributed by atoms with van der Waals surface area (Å²) in [5, 5.41) is 7.88. The number of para-hydroxylation sites is 1. The van der Waals surface area contributed by atoms with Crippen molar-refractivity contribution in [3.05, 3.63) is 126 Å². The molecule has 1 unspecified atom stereocenters. The molecule has 0 aliphatic carbocycles. The topological polar surface area (TPSA) is 9.23 Å². The van der Waals surface area contributed by atoms with Gasteiger partial charge in [-0.15, -0.1) is 0 Å². The van der Waals surface area contributed by atoms with Gasteiger partial charge >= 0.3 is 0 Å². The summed E-state index contributed by atoms with van der Waals surface area (Å²) in [6, 6.07) is 39.3. The molecule has 148 valence electrons. The molecule has 6 rings (SSSR count). The van der Waals surface area contributed by atoms with Gasteiger partial charge in [-0.3, -0.25) is 0 Å². The molecular formula is C30H22O. The van der Waals surface area contributed by atoms with Crippen molar-refractivity contribution in [2.45, 2.75) is 5.92 Å². The van der Waals surface area contributed by atoms with E-state index >= 15 is 0 Å². The number of ether oxygens (including phenoxy) is 1. The molecule has 0 bridgehead atoms. The summed E-state index contributed by atoms with van der Waals surface area (Å²) in [6.45, 7) is 0. The van der Waals surface area contributed by atoms with E-state index < -0.39 is 0 Å². The predicted molar refractivity (Wildman–Crippen MR) is 131 cm³/mol. The van der Waals surface area contributed by atoms with Crippen LogP contribution in [0.5, 0.6) is 5.75 Å².